The second kappa shape index (κ2) is 5.70. The van der Waals surface area contributed by atoms with Gasteiger partial charge < -0.3 is 14.9 Å². The fraction of sp³-hybridized carbons (Fsp3) is 0.800. The van der Waals surface area contributed by atoms with Crippen molar-refractivity contribution in [1.82, 2.24) is 0 Å². The number of ether oxygens (including phenoxy) is 1. The SMILES string of the molecule is O=C(OC(CO)CO)C(S(=O)(=O)O)S(=O)(=O)O. The number of rotatable bonds is 6. The van der Waals surface area contributed by atoms with Gasteiger partial charge in [0.25, 0.3) is 20.2 Å². The maximum Gasteiger partial charge on any atom is 0.345 e. The van der Waals surface area contributed by atoms with Crippen LogP contribution in [0, 0.1) is 0 Å². The summed E-state index contributed by atoms with van der Waals surface area (Å²) in [6.07, 6.45) is -1.58. The molecule has 0 fully saturated rings. The number of hydrogen-bond donors (Lipinski definition) is 4. The van der Waals surface area contributed by atoms with E-state index in [1.165, 1.54) is 0 Å². The summed E-state index contributed by atoms with van der Waals surface area (Å²) < 4.78 is 60.0. The Morgan fingerprint density at radius 3 is 1.59 bits per heavy atom. The van der Waals surface area contributed by atoms with Crippen molar-refractivity contribution < 1.29 is 45.7 Å². The molecule has 0 heterocycles. The highest BCUT2D eigenvalue weighted by Gasteiger charge is 2.44. The van der Waals surface area contributed by atoms with Gasteiger partial charge in [0, 0.05) is 0 Å². The van der Waals surface area contributed by atoms with Gasteiger partial charge in [-0.1, -0.05) is 0 Å². The van der Waals surface area contributed by atoms with E-state index in [4.69, 9.17) is 19.3 Å². The van der Waals surface area contributed by atoms with Crippen molar-refractivity contribution in [2.24, 2.45) is 0 Å². The molecule has 0 bridgehead atoms. The molecule has 0 aliphatic heterocycles. The predicted molar refractivity (Wildman–Crippen MR) is 50.9 cm³/mol. The highest BCUT2D eigenvalue weighted by molar-refractivity contribution is 8.05. The van der Waals surface area contributed by atoms with Crippen molar-refractivity contribution in [2.45, 2.75) is 10.7 Å². The summed E-state index contributed by atoms with van der Waals surface area (Å²) >= 11 is 0. The van der Waals surface area contributed by atoms with E-state index in [1.807, 2.05) is 0 Å². The molecular weight excluding hydrogens is 284 g/mol. The zero-order chi connectivity index (χ0) is 13.9. The van der Waals surface area contributed by atoms with Crippen LogP contribution in [0.4, 0.5) is 0 Å². The summed E-state index contributed by atoms with van der Waals surface area (Å²) in [4.78, 5) is 11.0. The van der Waals surface area contributed by atoms with Crippen LogP contribution in [0.25, 0.3) is 0 Å². The normalized spacial score (nSPS) is 13.1. The molecule has 0 aromatic heterocycles. The van der Waals surface area contributed by atoms with E-state index in [0.717, 1.165) is 0 Å². The summed E-state index contributed by atoms with van der Waals surface area (Å²) in [5.74, 6) is -2.04. The van der Waals surface area contributed by atoms with Gasteiger partial charge in [-0.15, -0.1) is 0 Å². The first-order valence-corrected chi connectivity index (χ1v) is 6.89. The first-order valence-electron chi connectivity index (χ1n) is 3.88. The molecule has 0 spiro atoms. The second-order valence-corrected chi connectivity index (χ2v) is 6.09. The molecule has 17 heavy (non-hydrogen) atoms. The second-order valence-electron chi connectivity index (χ2n) is 2.79. The standard InChI is InChI=1S/C5H10O10S2/c6-1-3(2-7)15-4(8)5(16(9,10)11)17(12,13)14/h3,5-7H,1-2H2,(H,9,10,11)(H,12,13,14). The lowest BCUT2D eigenvalue weighted by Crippen LogP contribution is -2.41. The number of hydrogen-bond acceptors (Lipinski definition) is 8. The topological polar surface area (TPSA) is 176 Å². The molecule has 0 rings (SSSR count). The van der Waals surface area contributed by atoms with Crippen LogP contribution in [-0.4, -0.2) is 66.0 Å². The van der Waals surface area contributed by atoms with Gasteiger partial charge in [-0.3, -0.25) is 9.11 Å². The van der Waals surface area contributed by atoms with Crippen molar-refractivity contribution in [3.63, 3.8) is 0 Å². The van der Waals surface area contributed by atoms with E-state index in [2.05, 4.69) is 4.74 Å². The summed E-state index contributed by atoms with van der Waals surface area (Å²) in [6.45, 7) is -1.82. The summed E-state index contributed by atoms with van der Waals surface area (Å²) in [5.41, 5.74) is 0. The molecule has 0 amide bonds. The van der Waals surface area contributed by atoms with Gasteiger partial charge in [0.1, 0.15) is 6.10 Å². The summed E-state index contributed by atoms with van der Waals surface area (Å²) in [7, 11) is -10.9. The van der Waals surface area contributed by atoms with E-state index in [1.54, 1.807) is 0 Å². The lowest BCUT2D eigenvalue weighted by atomic mass is 10.4. The van der Waals surface area contributed by atoms with E-state index in [-0.39, 0.29) is 0 Å². The third kappa shape index (κ3) is 4.93. The van der Waals surface area contributed by atoms with Gasteiger partial charge in [0.2, 0.25) is 0 Å². The molecule has 0 aliphatic carbocycles. The number of esters is 1. The van der Waals surface area contributed by atoms with E-state index in [0.29, 0.717) is 0 Å². The molecule has 102 valence electrons. The molecule has 0 saturated carbocycles. The molecule has 0 atom stereocenters. The monoisotopic (exact) mass is 294 g/mol. The molecule has 4 N–H and O–H groups in total. The number of aliphatic hydroxyl groups is 2. The Morgan fingerprint density at radius 2 is 1.35 bits per heavy atom. The minimum Gasteiger partial charge on any atom is -0.456 e. The molecule has 12 heteroatoms. The minimum absolute atomic E-state index is 0.911. The molecule has 0 aromatic carbocycles. The van der Waals surface area contributed by atoms with Crippen LogP contribution in [-0.2, 0) is 29.8 Å². The van der Waals surface area contributed by atoms with Crippen molar-refractivity contribution in [3.8, 4) is 0 Å². The third-order valence-corrected chi connectivity index (χ3v) is 4.35. The van der Waals surface area contributed by atoms with Gasteiger partial charge >= 0.3 is 10.6 Å². The van der Waals surface area contributed by atoms with Gasteiger partial charge in [0.05, 0.1) is 13.2 Å². The Labute approximate surface area is 96.3 Å². The Hall–Kier alpha value is -0.790. The number of carbonyl (C=O) groups is 1. The van der Waals surface area contributed by atoms with Crippen molar-refractivity contribution in [3.05, 3.63) is 0 Å². The molecule has 0 aliphatic rings. The average Bonchev–Trinajstić information content (AvgIpc) is 2.09. The first-order chi connectivity index (χ1) is 7.54. The molecule has 10 nitrogen and oxygen atoms in total. The smallest absolute Gasteiger partial charge is 0.345 e. The fourth-order valence-electron chi connectivity index (χ4n) is 0.749. The summed E-state index contributed by atoms with van der Waals surface area (Å²) in [5, 5.41) is 17.0. The Bertz CT molecular complexity index is 425. The van der Waals surface area contributed by atoms with Crippen LogP contribution in [0.1, 0.15) is 0 Å². The van der Waals surface area contributed by atoms with E-state index >= 15 is 0 Å². The zero-order valence-corrected chi connectivity index (χ0v) is 9.76. The highest BCUT2D eigenvalue weighted by Crippen LogP contribution is 2.10. The van der Waals surface area contributed by atoms with Gasteiger partial charge in [0.15, 0.2) is 0 Å². The van der Waals surface area contributed by atoms with Gasteiger partial charge in [-0.05, 0) is 0 Å². The largest absolute Gasteiger partial charge is 0.456 e. The van der Waals surface area contributed by atoms with Crippen LogP contribution in [0.5, 0.6) is 0 Å². The van der Waals surface area contributed by atoms with Gasteiger partial charge in [-0.2, -0.15) is 16.8 Å². The molecule has 0 saturated heterocycles. The Balaban J connectivity index is 5.19. The van der Waals surface area contributed by atoms with Crippen LogP contribution in [0.3, 0.4) is 0 Å². The van der Waals surface area contributed by atoms with Crippen LogP contribution in [0.2, 0.25) is 0 Å². The van der Waals surface area contributed by atoms with Crippen LogP contribution >= 0.6 is 0 Å². The van der Waals surface area contributed by atoms with E-state index in [9.17, 15) is 21.6 Å². The number of carbonyl (C=O) groups excluding carboxylic acids is 1. The quantitative estimate of drug-likeness (QED) is 0.291. The van der Waals surface area contributed by atoms with Crippen LogP contribution < -0.4 is 0 Å². The maximum atomic E-state index is 11.0. The minimum atomic E-state index is -5.46. The maximum absolute atomic E-state index is 11.0. The highest BCUT2D eigenvalue weighted by atomic mass is 32.3. The third-order valence-electron chi connectivity index (χ3n) is 1.42. The van der Waals surface area contributed by atoms with Crippen molar-refractivity contribution in [1.29, 1.82) is 0 Å². The molecular formula is C5H10O10S2. The first kappa shape index (κ1) is 16.2. The molecule has 0 unspecified atom stereocenters. The van der Waals surface area contributed by atoms with Gasteiger partial charge in [-0.25, -0.2) is 4.79 Å². The van der Waals surface area contributed by atoms with Crippen molar-refractivity contribution >= 4 is 26.2 Å². The van der Waals surface area contributed by atoms with Crippen molar-refractivity contribution in [2.75, 3.05) is 13.2 Å². The predicted octanol–water partition coefficient (Wildman–Crippen LogP) is -3.02. The average molecular weight is 294 g/mol. The lowest BCUT2D eigenvalue weighted by Gasteiger charge is -2.15. The Kier molecular flexibility index (Phi) is 5.44. The summed E-state index contributed by atoms with van der Waals surface area (Å²) in [6, 6.07) is 0. The molecule has 0 radical (unpaired) electrons. The van der Waals surface area contributed by atoms with Crippen LogP contribution in [0.15, 0.2) is 0 Å². The number of aliphatic hydroxyl groups excluding tert-OH is 2. The molecule has 0 aromatic rings. The zero-order valence-electron chi connectivity index (χ0n) is 8.12. The Morgan fingerprint density at radius 1 is 1.00 bits per heavy atom. The fourth-order valence-corrected chi connectivity index (χ4v) is 2.58. The lowest BCUT2D eigenvalue weighted by molar-refractivity contribution is -0.151. The van der Waals surface area contributed by atoms with E-state index < -0.39 is 50.1 Å².